The molecule has 426 valence electrons. The molecule has 79 heavy (non-hydrogen) atoms. The number of H-pyrrole nitrogens is 1. The molecule has 22 nitrogen and oxygen atoms in total. The van der Waals surface area contributed by atoms with Gasteiger partial charge in [-0.3, -0.25) is 43.3 Å². The predicted molar refractivity (Wildman–Crippen MR) is 293 cm³/mol. The number of carbonyl (C=O) groups is 8. The van der Waals surface area contributed by atoms with Gasteiger partial charge in [0.15, 0.2) is 5.96 Å². The van der Waals surface area contributed by atoms with Crippen LogP contribution >= 0.6 is 0 Å². The van der Waals surface area contributed by atoms with Crippen molar-refractivity contribution in [3.63, 3.8) is 0 Å². The number of nitrogens with two attached hydrogens (primary N) is 2. The first-order valence-electron chi connectivity index (χ1n) is 27.0. The summed E-state index contributed by atoms with van der Waals surface area (Å²) in [6, 6.07) is 10.3. The van der Waals surface area contributed by atoms with Gasteiger partial charge in [0.1, 0.15) is 53.9 Å². The monoisotopic (exact) mass is 1090 g/mol. The van der Waals surface area contributed by atoms with E-state index >= 15 is 0 Å². The van der Waals surface area contributed by atoms with E-state index in [0.29, 0.717) is 43.4 Å². The van der Waals surface area contributed by atoms with Crippen LogP contribution in [0.5, 0.6) is 5.75 Å². The lowest BCUT2D eigenvalue weighted by Crippen LogP contribution is -2.61. The van der Waals surface area contributed by atoms with Crippen LogP contribution in [-0.2, 0) is 57.6 Å². The molecule has 23 heteroatoms. The molecular formula is C56H75FN12O10. The number of likely N-dealkylation sites (N-methyl/N-ethyl adjacent to an activating group) is 1. The van der Waals surface area contributed by atoms with E-state index < -0.39 is 90.2 Å². The first kappa shape index (κ1) is 60.2. The van der Waals surface area contributed by atoms with Crippen molar-refractivity contribution in [1.29, 1.82) is 0 Å². The van der Waals surface area contributed by atoms with Gasteiger partial charge in [-0.15, -0.1) is 0 Å². The van der Waals surface area contributed by atoms with E-state index in [1.165, 1.54) is 46.2 Å². The van der Waals surface area contributed by atoms with Gasteiger partial charge < -0.3 is 68.4 Å². The van der Waals surface area contributed by atoms with Gasteiger partial charge in [-0.25, -0.2) is 4.39 Å². The summed E-state index contributed by atoms with van der Waals surface area (Å²) in [5.41, 5.74) is 13.7. The van der Waals surface area contributed by atoms with E-state index in [9.17, 15) is 53.0 Å². The Kier molecular flexibility index (Phi) is 22.1. The number of likely N-dealkylation sites (tertiary alicyclic amines) is 2. The van der Waals surface area contributed by atoms with Crippen LogP contribution in [0.4, 0.5) is 4.39 Å². The van der Waals surface area contributed by atoms with Crippen molar-refractivity contribution in [2.45, 2.75) is 134 Å². The van der Waals surface area contributed by atoms with E-state index in [2.05, 4.69) is 41.9 Å². The van der Waals surface area contributed by atoms with E-state index in [1.54, 1.807) is 25.3 Å². The van der Waals surface area contributed by atoms with Gasteiger partial charge in [-0.2, -0.15) is 0 Å². The number of para-hydroxylation sites is 1. The number of phenolic OH excluding ortho intramolecular Hbond substituents is 1. The average molecular weight is 1100 g/mol. The van der Waals surface area contributed by atoms with Crippen LogP contribution in [0.3, 0.4) is 0 Å². The molecule has 2 fully saturated rings. The maximum absolute atomic E-state index is 14.9. The second kappa shape index (κ2) is 29.1. The molecule has 8 amide bonds. The van der Waals surface area contributed by atoms with Crippen molar-refractivity contribution in [2.75, 3.05) is 32.8 Å². The lowest BCUT2D eigenvalue weighted by atomic mass is 9.99. The number of aliphatic hydroxyl groups is 1. The Balaban J connectivity index is 1.23. The third-order valence-corrected chi connectivity index (χ3v) is 14.1. The number of nitrogens with zero attached hydrogens (tertiary/aromatic N) is 3. The van der Waals surface area contributed by atoms with Crippen LogP contribution in [0.1, 0.15) is 88.8 Å². The number of rotatable bonds is 27. The fraction of sp³-hybridized carbons (Fsp3) is 0.482. The minimum Gasteiger partial charge on any atom is -0.508 e. The molecule has 2 saturated heterocycles. The minimum atomic E-state index is -1.59. The Hall–Kier alpha value is -8.08. The van der Waals surface area contributed by atoms with Crippen molar-refractivity contribution in [3.8, 4) is 5.75 Å². The highest BCUT2D eigenvalue weighted by Gasteiger charge is 2.40. The lowest BCUT2D eigenvalue weighted by molar-refractivity contribution is -0.142. The molecule has 2 aliphatic rings. The molecule has 0 unspecified atom stereocenters. The summed E-state index contributed by atoms with van der Waals surface area (Å²) in [7, 11) is 0. The van der Waals surface area contributed by atoms with Gasteiger partial charge in [-0.1, -0.05) is 56.3 Å². The molecule has 0 saturated carbocycles. The van der Waals surface area contributed by atoms with Crippen LogP contribution in [0.2, 0.25) is 0 Å². The van der Waals surface area contributed by atoms with Gasteiger partial charge in [-0.05, 0) is 111 Å². The topological polar surface area (TPSA) is 336 Å². The van der Waals surface area contributed by atoms with E-state index in [-0.39, 0.29) is 94.0 Å². The summed E-state index contributed by atoms with van der Waals surface area (Å²) in [5.74, 6) is -5.91. The molecule has 0 aliphatic carbocycles. The van der Waals surface area contributed by atoms with Gasteiger partial charge in [0, 0.05) is 62.5 Å². The molecule has 13 N–H and O–H groups in total. The number of guanidine groups is 1. The number of amides is 8. The molecule has 0 spiro atoms. The molecule has 0 bridgehead atoms. The highest BCUT2D eigenvalue weighted by atomic mass is 19.1. The number of halogens is 1. The van der Waals surface area contributed by atoms with Crippen LogP contribution in [0, 0.1) is 11.7 Å². The summed E-state index contributed by atoms with van der Waals surface area (Å²) in [5, 5.41) is 37.8. The standard InChI is InChI=1S/C56H75FN12O10/c1-4-60-53(77)46-13-9-27-69(46)55(79)41(12-7-25-61-56(58)59)63-49(73)42(28-33(2)3)64-51(75)44(30-36-31-62-40-11-6-5-10-39(36)40)66-50(74)43(29-35-17-22-38(71)23-18-35)65-52(76)45(32-70)67-54(78)47-14-8-26-68(47)48(72)24-19-34-15-20-37(57)21-16-34/h5-6,10-11,15-18,20-23,31,33,41-47,62,70-71H,4,7-9,12-14,19,24-30,32H2,1-3H3,(H,60,77)(H,63,73)(H,64,75)(H,65,76)(H,66,74)(H,67,78)(H4,58,59,61)/t41-,42-,43-,44+,45-,46-,47+/m0/s1. The molecular weight excluding hydrogens is 1020 g/mol. The van der Waals surface area contributed by atoms with Crippen molar-refractivity contribution < 1.29 is 53.0 Å². The third-order valence-electron chi connectivity index (χ3n) is 14.1. The number of aliphatic imine (C=N–C) groups is 1. The first-order valence-corrected chi connectivity index (χ1v) is 27.0. The Morgan fingerprint density at radius 3 is 1.95 bits per heavy atom. The van der Waals surface area contributed by atoms with Crippen molar-refractivity contribution in [1.82, 2.24) is 46.7 Å². The van der Waals surface area contributed by atoms with Gasteiger partial charge in [0.25, 0.3) is 0 Å². The Morgan fingerprint density at radius 1 is 0.722 bits per heavy atom. The molecule has 3 heterocycles. The molecule has 2 aliphatic heterocycles. The minimum absolute atomic E-state index is 0.0449. The number of aryl methyl sites for hydroxylation is 1. The molecule has 0 radical (unpaired) electrons. The number of carbonyl (C=O) groups excluding carboxylic acids is 8. The lowest BCUT2D eigenvalue weighted by Gasteiger charge is -2.30. The fourth-order valence-electron chi connectivity index (χ4n) is 10.0. The number of nitrogens with one attached hydrogen (secondary N) is 7. The van der Waals surface area contributed by atoms with Crippen LogP contribution in [0.15, 0.2) is 84.0 Å². The zero-order valence-corrected chi connectivity index (χ0v) is 45.0. The summed E-state index contributed by atoms with van der Waals surface area (Å²) < 4.78 is 13.5. The van der Waals surface area contributed by atoms with Crippen LogP contribution in [-0.4, -0.2) is 153 Å². The molecule has 3 aromatic carbocycles. The zero-order valence-electron chi connectivity index (χ0n) is 45.0. The quantitative estimate of drug-likeness (QED) is 0.0227. The average Bonchev–Trinajstić information content (AvgIpc) is 4.23. The Morgan fingerprint density at radius 2 is 1.30 bits per heavy atom. The maximum atomic E-state index is 14.9. The molecule has 7 atom stereocenters. The molecule has 1 aromatic heterocycles. The number of aromatic amines is 1. The van der Waals surface area contributed by atoms with E-state index in [1.807, 2.05) is 38.1 Å². The summed E-state index contributed by atoms with van der Waals surface area (Å²) in [4.78, 5) is 123. The Labute approximate surface area is 458 Å². The van der Waals surface area contributed by atoms with Gasteiger partial charge >= 0.3 is 0 Å². The number of benzene rings is 3. The SMILES string of the molecule is CCNC(=O)[C@@H]1CCCN1C(=O)[C@H](CCCN=C(N)N)NC(=O)[C@H](CC(C)C)NC(=O)[C@@H](Cc1c[nH]c2ccccc12)NC(=O)[C@H](Cc1ccc(O)cc1)NC(=O)[C@H](CO)NC(=O)[C@H]1CCCN1C(=O)CCc1ccc(F)cc1. The highest BCUT2D eigenvalue weighted by molar-refractivity contribution is 5.98. The maximum Gasteiger partial charge on any atom is 0.245 e. The predicted octanol–water partition coefficient (Wildman–Crippen LogP) is 1.06. The molecule has 6 rings (SSSR count). The van der Waals surface area contributed by atoms with Crippen molar-refractivity contribution in [2.24, 2.45) is 22.4 Å². The number of fused-ring (bicyclic) bond motifs is 1. The van der Waals surface area contributed by atoms with Crippen LogP contribution in [0.25, 0.3) is 10.9 Å². The highest BCUT2D eigenvalue weighted by Crippen LogP contribution is 2.23. The summed E-state index contributed by atoms with van der Waals surface area (Å²) in [6.45, 7) is 5.65. The fourth-order valence-corrected chi connectivity index (χ4v) is 10.0. The van der Waals surface area contributed by atoms with Gasteiger partial charge in [0.05, 0.1) is 6.61 Å². The molecule has 4 aromatic rings. The van der Waals surface area contributed by atoms with Crippen LogP contribution < -0.4 is 43.4 Å². The largest absolute Gasteiger partial charge is 0.508 e. The second-order valence-corrected chi connectivity index (χ2v) is 20.5. The summed E-state index contributed by atoms with van der Waals surface area (Å²) >= 11 is 0. The van der Waals surface area contributed by atoms with Gasteiger partial charge in [0.2, 0.25) is 47.3 Å². The number of hydrogen-bond acceptors (Lipinski definition) is 11. The number of aromatic hydroxyl groups is 1. The normalized spacial score (nSPS) is 17.0. The van der Waals surface area contributed by atoms with Crippen molar-refractivity contribution in [3.05, 3.63) is 102 Å². The number of hydrogen-bond donors (Lipinski definition) is 11. The number of aliphatic hydroxyl groups excluding tert-OH is 1. The van der Waals surface area contributed by atoms with Crippen molar-refractivity contribution >= 4 is 64.1 Å². The number of aromatic nitrogens is 1. The summed E-state index contributed by atoms with van der Waals surface area (Å²) in [6.07, 6.45) is 4.00. The van der Waals surface area contributed by atoms with E-state index in [4.69, 9.17) is 11.5 Å². The third kappa shape index (κ3) is 17.2. The Bertz CT molecular complexity index is 2790. The first-order chi connectivity index (χ1) is 37.8. The smallest absolute Gasteiger partial charge is 0.245 e. The zero-order chi connectivity index (χ0) is 57.2. The van der Waals surface area contributed by atoms with E-state index in [0.717, 1.165) is 16.5 Å². The number of phenols is 1. The second-order valence-electron chi connectivity index (χ2n) is 20.5.